The molecule has 0 spiro atoms. The number of hydrogen-bond donors (Lipinski definition) is 1. The minimum absolute atomic E-state index is 0. The summed E-state index contributed by atoms with van der Waals surface area (Å²) in [5, 5.41) is 4.10. The normalized spacial score (nSPS) is 8.93. The number of pyridine rings is 1. The standard InChI is InChI=1S/C8H9N3O.2ClH/c1-12-8-7(9)6-4-2-3-5-11(6)10-8;;/h2-5H,9H2,1H3;2*1H. The molecular weight excluding hydrogens is 225 g/mol. The van der Waals surface area contributed by atoms with Crippen LogP contribution in [0.3, 0.4) is 0 Å². The molecule has 4 nitrogen and oxygen atoms in total. The third kappa shape index (κ3) is 1.86. The molecule has 14 heavy (non-hydrogen) atoms. The summed E-state index contributed by atoms with van der Waals surface area (Å²) in [7, 11) is 1.55. The first-order chi connectivity index (χ1) is 5.83. The van der Waals surface area contributed by atoms with E-state index in [9.17, 15) is 0 Å². The molecule has 0 saturated heterocycles. The van der Waals surface area contributed by atoms with E-state index in [2.05, 4.69) is 5.10 Å². The highest BCUT2D eigenvalue weighted by Gasteiger charge is 2.07. The second-order valence-corrected chi connectivity index (χ2v) is 2.45. The number of nitrogens with zero attached hydrogens (tertiary/aromatic N) is 2. The Kier molecular flexibility index (Phi) is 4.53. The summed E-state index contributed by atoms with van der Waals surface area (Å²) in [6.07, 6.45) is 1.83. The van der Waals surface area contributed by atoms with Crippen LogP contribution in [0.2, 0.25) is 0 Å². The zero-order valence-corrected chi connectivity index (χ0v) is 9.14. The average Bonchev–Trinajstić information content (AvgIpc) is 2.44. The van der Waals surface area contributed by atoms with Crippen LogP contribution in [0.25, 0.3) is 5.52 Å². The van der Waals surface area contributed by atoms with Gasteiger partial charge in [0.15, 0.2) is 0 Å². The maximum absolute atomic E-state index is 5.74. The van der Waals surface area contributed by atoms with Gasteiger partial charge in [0.1, 0.15) is 5.69 Å². The van der Waals surface area contributed by atoms with Crippen LogP contribution >= 0.6 is 24.8 Å². The molecule has 0 bridgehead atoms. The van der Waals surface area contributed by atoms with Crippen molar-refractivity contribution in [2.75, 3.05) is 12.8 Å². The first-order valence-corrected chi connectivity index (χ1v) is 3.60. The molecule has 0 amide bonds. The van der Waals surface area contributed by atoms with Gasteiger partial charge >= 0.3 is 0 Å². The Hall–Kier alpha value is -1.13. The Morgan fingerprint density at radius 2 is 2.07 bits per heavy atom. The van der Waals surface area contributed by atoms with Crippen LogP contribution < -0.4 is 10.5 Å². The van der Waals surface area contributed by atoms with E-state index in [1.165, 1.54) is 0 Å². The Labute approximate surface area is 93.9 Å². The maximum atomic E-state index is 5.74. The number of anilines is 1. The fourth-order valence-electron chi connectivity index (χ4n) is 1.15. The fraction of sp³-hybridized carbons (Fsp3) is 0.125. The van der Waals surface area contributed by atoms with E-state index in [4.69, 9.17) is 10.5 Å². The third-order valence-electron chi connectivity index (χ3n) is 1.74. The van der Waals surface area contributed by atoms with Gasteiger partial charge < -0.3 is 10.5 Å². The van der Waals surface area contributed by atoms with Crippen LogP contribution in [0.5, 0.6) is 5.88 Å². The molecule has 2 aromatic rings. The van der Waals surface area contributed by atoms with Crippen molar-refractivity contribution >= 4 is 36.0 Å². The smallest absolute Gasteiger partial charge is 0.257 e. The van der Waals surface area contributed by atoms with Gasteiger partial charge in [-0.1, -0.05) is 6.07 Å². The molecule has 0 aliphatic rings. The SMILES string of the molecule is COc1nn2ccccc2c1N.Cl.Cl. The molecule has 2 aromatic heterocycles. The fourth-order valence-corrected chi connectivity index (χ4v) is 1.15. The number of rotatable bonds is 1. The lowest BCUT2D eigenvalue weighted by Crippen LogP contribution is -1.88. The van der Waals surface area contributed by atoms with Crippen molar-refractivity contribution in [3.05, 3.63) is 24.4 Å². The molecule has 0 aromatic carbocycles. The first-order valence-electron chi connectivity index (χ1n) is 3.60. The number of methoxy groups -OCH3 is 1. The minimum atomic E-state index is 0. The molecule has 0 atom stereocenters. The van der Waals surface area contributed by atoms with Crippen LogP contribution in [0.4, 0.5) is 5.69 Å². The summed E-state index contributed by atoms with van der Waals surface area (Å²) in [5.74, 6) is 0.473. The van der Waals surface area contributed by atoms with E-state index in [1.54, 1.807) is 11.6 Å². The average molecular weight is 236 g/mol. The summed E-state index contributed by atoms with van der Waals surface area (Å²) in [5.41, 5.74) is 7.19. The minimum Gasteiger partial charge on any atom is -0.478 e. The second kappa shape index (κ2) is 4.93. The van der Waals surface area contributed by atoms with Gasteiger partial charge in [0.05, 0.1) is 12.6 Å². The zero-order chi connectivity index (χ0) is 8.55. The van der Waals surface area contributed by atoms with Gasteiger partial charge in [0.25, 0.3) is 5.88 Å². The van der Waals surface area contributed by atoms with Gasteiger partial charge in [-0.05, 0) is 12.1 Å². The third-order valence-corrected chi connectivity index (χ3v) is 1.74. The largest absolute Gasteiger partial charge is 0.478 e. The highest BCUT2D eigenvalue weighted by atomic mass is 35.5. The Morgan fingerprint density at radius 3 is 2.64 bits per heavy atom. The zero-order valence-electron chi connectivity index (χ0n) is 7.51. The first kappa shape index (κ1) is 12.9. The van der Waals surface area contributed by atoms with Crippen molar-refractivity contribution < 1.29 is 4.74 Å². The van der Waals surface area contributed by atoms with Crippen LogP contribution in [0.1, 0.15) is 0 Å². The maximum Gasteiger partial charge on any atom is 0.257 e. The predicted octanol–water partition coefficient (Wildman–Crippen LogP) is 1.77. The molecule has 0 saturated carbocycles. The molecule has 0 unspecified atom stereocenters. The van der Waals surface area contributed by atoms with E-state index in [0.29, 0.717) is 11.6 Å². The molecule has 78 valence electrons. The van der Waals surface area contributed by atoms with E-state index in [-0.39, 0.29) is 24.8 Å². The topological polar surface area (TPSA) is 52.5 Å². The Morgan fingerprint density at radius 1 is 1.36 bits per heavy atom. The highest BCUT2D eigenvalue weighted by Crippen LogP contribution is 2.23. The molecule has 0 aliphatic carbocycles. The number of hydrogen-bond acceptors (Lipinski definition) is 3. The summed E-state index contributed by atoms with van der Waals surface area (Å²) >= 11 is 0. The lowest BCUT2D eigenvalue weighted by atomic mass is 10.4. The van der Waals surface area contributed by atoms with Gasteiger partial charge in [-0.2, -0.15) is 0 Å². The van der Waals surface area contributed by atoms with E-state index in [1.807, 2.05) is 24.4 Å². The number of aromatic nitrogens is 2. The van der Waals surface area contributed by atoms with Crippen LogP contribution in [-0.2, 0) is 0 Å². The molecule has 0 radical (unpaired) electrons. The van der Waals surface area contributed by atoms with Gasteiger partial charge in [0.2, 0.25) is 0 Å². The highest BCUT2D eigenvalue weighted by molar-refractivity contribution is 5.85. The van der Waals surface area contributed by atoms with E-state index in [0.717, 1.165) is 5.52 Å². The molecule has 0 aliphatic heterocycles. The van der Waals surface area contributed by atoms with Crippen LogP contribution in [0.15, 0.2) is 24.4 Å². The number of nitrogens with two attached hydrogens (primary N) is 1. The lowest BCUT2D eigenvalue weighted by Gasteiger charge is -1.91. The molecule has 0 fully saturated rings. The molecular formula is C8H11Cl2N3O. The van der Waals surface area contributed by atoms with Crippen LogP contribution in [-0.4, -0.2) is 16.7 Å². The van der Waals surface area contributed by atoms with Crippen LogP contribution in [0, 0.1) is 0 Å². The summed E-state index contributed by atoms with van der Waals surface area (Å²) in [6.45, 7) is 0. The summed E-state index contributed by atoms with van der Waals surface area (Å²) in [6, 6.07) is 5.69. The van der Waals surface area contributed by atoms with Crippen molar-refractivity contribution in [1.29, 1.82) is 0 Å². The second-order valence-electron chi connectivity index (χ2n) is 2.45. The van der Waals surface area contributed by atoms with Gasteiger partial charge in [-0.3, -0.25) is 0 Å². The molecule has 6 heteroatoms. The number of nitrogen functional groups attached to an aromatic ring is 1. The predicted molar refractivity (Wildman–Crippen MR) is 60.7 cm³/mol. The van der Waals surface area contributed by atoms with Crippen molar-refractivity contribution in [2.45, 2.75) is 0 Å². The summed E-state index contributed by atoms with van der Waals surface area (Å²) in [4.78, 5) is 0. The lowest BCUT2D eigenvalue weighted by molar-refractivity contribution is 0.397. The molecule has 2 rings (SSSR count). The Balaban J connectivity index is 0.000000845. The van der Waals surface area contributed by atoms with Gasteiger partial charge in [0, 0.05) is 6.20 Å². The quantitative estimate of drug-likeness (QED) is 0.820. The van der Waals surface area contributed by atoms with Gasteiger partial charge in [-0.25, -0.2) is 4.52 Å². The molecule has 2 heterocycles. The van der Waals surface area contributed by atoms with E-state index < -0.39 is 0 Å². The van der Waals surface area contributed by atoms with Gasteiger partial charge in [-0.15, -0.1) is 29.9 Å². The van der Waals surface area contributed by atoms with E-state index >= 15 is 0 Å². The van der Waals surface area contributed by atoms with Crippen molar-refractivity contribution in [3.8, 4) is 5.88 Å². The molecule has 2 N–H and O–H groups in total. The van der Waals surface area contributed by atoms with Crippen molar-refractivity contribution in [3.63, 3.8) is 0 Å². The van der Waals surface area contributed by atoms with Crippen molar-refractivity contribution in [2.24, 2.45) is 0 Å². The monoisotopic (exact) mass is 235 g/mol. The summed E-state index contributed by atoms with van der Waals surface area (Å²) < 4.78 is 6.66. The number of halogens is 2. The van der Waals surface area contributed by atoms with Crippen molar-refractivity contribution in [1.82, 2.24) is 9.61 Å². The Bertz CT molecular complexity index is 416. The number of fused-ring (bicyclic) bond motifs is 1. The number of ether oxygens (including phenoxy) is 1.